The number of carbonyl (C=O) groups excluding carboxylic acids is 1. The molecule has 138 valence electrons. The Morgan fingerprint density at radius 1 is 1.23 bits per heavy atom. The van der Waals surface area contributed by atoms with Gasteiger partial charge < -0.3 is 14.8 Å². The number of benzene rings is 2. The van der Waals surface area contributed by atoms with Crippen LogP contribution in [0.1, 0.15) is 16.8 Å². The van der Waals surface area contributed by atoms with E-state index in [1.54, 1.807) is 12.1 Å². The molecule has 0 radical (unpaired) electrons. The van der Waals surface area contributed by atoms with Crippen LogP contribution in [0.15, 0.2) is 47.4 Å². The molecule has 9 heteroatoms. The van der Waals surface area contributed by atoms with Crippen LogP contribution in [-0.4, -0.2) is 33.6 Å². The van der Waals surface area contributed by atoms with Crippen LogP contribution in [0.4, 0.5) is 4.39 Å². The number of carbonyl (C=O) groups is 1. The van der Waals surface area contributed by atoms with Crippen LogP contribution < -0.4 is 19.9 Å². The number of nitrogens with one attached hydrogen (secondary N) is 1. The smallest absolute Gasteiger partial charge is 0.254 e. The Balaban J connectivity index is 1.58. The minimum absolute atomic E-state index is 0.202. The SMILES string of the molecule is NS(=O)(=O)c1ccc(F)c(C(=O)NCC[C@H]2COc3ccccc3O2)c1. The van der Waals surface area contributed by atoms with Gasteiger partial charge in [0.2, 0.25) is 10.0 Å². The zero-order valence-corrected chi connectivity index (χ0v) is 14.5. The van der Waals surface area contributed by atoms with Gasteiger partial charge in [-0.1, -0.05) is 12.1 Å². The number of nitrogens with two attached hydrogens (primary N) is 1. The molecule has 2 aromatic rings. The average Bonchev–Trinajstić information content (AvgIpc) is 2.61. The fourth-order valence-electron chi connectivity index (χ4n) is 2.50. The topological polar surface area (TPSA) is 108 Å². The van der Waals surface area contributed by atoms with Crippen molar-refractivity contribution in [2.45, 2.75) is 17.4 Å². The maximum absolute atomic E-state index is 13.8. The van der Waals surface area contributed by atoms with Crippen LogP contribution in [0.2, 0.25) is 0 Å². The van der Waals surface area contributed by atoms with Crippen molar-refractivity contribution in [1.82, 2.24) is 5.32 Å². The standard InChI is InChI=1S/C17H17FN2O5S/c18-14-6-5-12(26(19,22)23)9-13(14)17(21)20-8-7-11-10-24-15-3-1-2-4-16(15)25-11/h1-6,9,11H,7-8,10H2,(H,20,21)(H2,19,22,23)/t11-/m0/s1. The highest BCUT2D eigenvalue weighted by Gasteiger charge is 2.21. The summed E-state index contributed by atoms with van der Waals surface area (Å²) in [5.41, 5.74) is -0.386. The van der Waals surface area contributed by atoms with Crippen LogP contribution >= 0.6 is 0 Å². The molecular weight excluding hydrogens is 363 g/mol. The summed E-state index contributed by atoms with van der Waals surface area (Å²) in [6, 6.07) is 10.1. The summed E-state index contributed by atoms with van der Waals surface area (Å²) in [6.45, 7) is 0.538. The predicted octanol–water partition coefficient (Wildman–Crippen LogP) is 1.43. The van der Waals surface area contributed by atoms with E-state index in [-0.39, 0.29) is 23.1 Å². The van der Waals surface area contributed by atoms with Crippen molar-refractivity contribution in [2.75, 3.05) is 13.2 Å². The van der Waals surface area contributed by atoms with E-state index >= 15 is 0 Å². The number of halogens is 1. The van der Waals surface area contributed by atoms with Crippen molar-refractivity contribution in [3.05, 3.63) is 53.8 Å². The third-order valence-electron chi connectivity index (χ3n) is 3.83. The Labute approximate surface area is 150 Å². The minimum atomic E-state index is -4.02. The summed E-state index contributed by atoms with van der Waals surface area (Å²) in [5.74, 6) is -0.275. The molecule has 1 atom stereocenters. The van der Waals surface area contributed by atoms with Crippen molar-refractivity contribution in [3.8, 4) is 11.5 Å². The molecule has 0 fully saturated rings. The minimum Gasteiger partial charge on any atom is -0.486 e. The monoisotopic (exact) mass is 380 g/mol. The Hall–Kier alpha value is -2.65. The Bertz CT molecular complexity index is 933. The molecular formula is C17H17FN2O5S. The molecule has 0 bridgehead atoms. The van der Waals surface area contributed by atoms with Gasteiger partial charge in [0.05, 0.1) is 10.5 Å². The number of sulfonamides is 1. The molecule has 1 amide bonds. The number of primary sulfonamides is 1. The summed E-state index contributed by atoms with van der Waals surface area (Å²) in [6.07, 6.45) is 0.183. The van der Waals surface area contributed by atoms with Crippen LogP contribution in [0, 0.1) is 5.82 Å². The zero-order valence-electron chi connectivity index (χ0n) is 13.6. The summed E-state index contributed by atoms with van der Waals surface area (Å²) in [7, 11) is -4.02. The largest absolute Gasteiger partial charge is 0.486 e. The highest BCUT2D eigenvalue weighted by Crippen LogP contribution is 2.31. The molecule has 0 aromatic heterocycles. The first kappa shape index (κ1) is 18.2. The Kier molecular flexibility index (Phi) is 5.10. The molecule has 3 N–H and O–H groups in total. The molecule has 0 unspecified atom stereocenters. The van der Waals surface area contributed by atoms with Crippen molar-refractivity contribution in [3.63, 3.8) is 0 Å². The van der Waals surface area contributed by atoms with Gasteiger partial charge in [0, 0.05) is 13.0 Å². The van der Waals surface area contributed by atoms with Crippen LogP contribution in [0.25, 0.3) is 0 Å². The second-order valence-corrected chi connectivity index (χ2v) is 7.29. The molecule has 1 heterocycles. The predicted molar refractivity (Wildman–Crippen MR) is 91.1 cm³/mol. The lowest BCUT2D eigenvalue weighted by atomic mass is 10.2. The molecule has 26 heavy (non-hydrogen) atoms. The molecule has 2 aromatic carbocycles. The number of amides is 1. The summed E-state index contributed by atoms with van der Waals surface area (Å²) >= 11 is 0. The van der Waals surface area contributed by atoms with Crippen LogP contribution in [-0.2, 0) is 10.0 Å². The van der Waals surface area contributed by atoms with Crippen LogP contribution in [0.3, 0.4) is 0 Å². The third-order valence-corrected chi connectivity index (χ3v) is 4.74. The number of fused-ring (bicyclic) bond motifs is 1. The van der Waals surface area contributed by atoms with E-state index in [4.69, 9.17) is 14.6 Å². The average molecular weight is 380 g/mol. The van der Waals surface area contributed by atoms with Gasteiger partial charge in [-0.2, -0.15) is 0 Å². The van der Waals surface area contributed by atoms with E-state index < -0.39 is 21.7 Å². The fraction of sp³-hybridized carbons (Fsp3) is 0.235. The first-order valence-corrected chi connectivity index (χ1v) is 9.38. The second kappa shape index (κ2) is 7.30. The highest BCUT2D eigenvalue weighted by atomic mass is 32.2. The number of rotatable bonds is 5. The highest BCUT2D eigenvalue weighted by molar-refractivity contribution is 7.89. The van der Waals surface area contributed by atoms with E-state index in [1.165, 1.54) is 0 Å². The summed E-state index contributed by atoms with van der Waals surface area (Å²) < 4.78 is 47.8. The summed E-state index contributed by atoms with van der Waals surface area (Å²) in [5, 5.41) is 7.54. The number of hydrogen-bond donors (Lipinski definition) is 2. The molecule has 0 saturated carbocycles. The van der Waals surface area contributed by atoms with Crippen molar-refractivity contribution < 1.29 is 27.1 Å². The van der Waals surface area contributed by atoms with Crippen LogP contribution in [0.5, 0.6) is 11.5 Å². The number of para-hydroxylation sites is 2. The molecule has 3 rings (SSSR count). The van der Waals surface area contributed by atoms with Gasteiger partial charge in [0.1, 0.15) is 18.5 Å². The van der Waals surface area contributed by atoms with Gasteiger partial charge in [0.25, 0.3) is 5.91 Å². The molecule has 7 nitrogen and oxygen atoms in total. The summed E-state index contributed by atoms with van der Waals surface area (Å²) in [4.78, 5) is 11.8. The molecule has 1 aliphatic heterocycles. The van der Waals surface area contributed by atoms with Gasteiger partial charge in [-0.25, -0.2) is 17.9 Å². The lowest BCUT2D eigenvalue weighted by Gasteiger charge is -2.26. The molecule has 0 spiro atoms. The van der Waals surface area contributed by atoms with E-state index in [9.17, 15) is 17.6 Å². The van der Waals surface area contributed by atoms with Gasteiger partial charge in [0.15, 0.2) is 11.5 Å². The first-order valence-electron chi connectivity index (χ1n) is 7.83. The van der Waals surface area contributed by atoms with E-state index in [0.29, 0.717) is 24.5 Å². The normalized spacial score (nSPS) is 16.2. The Morgan fingerprint density at radius 3 is 2.69 bits per heavy atom. The molecule has 0 aliphatic carbocycles. The molecule has 0 saturated heterocycles. The number of hydrogen-bond acceptors (Lipinski definition) is 5. The quantitative estimate of drug-likeness (QED) is 0.816. The van der Waals surface area contributed by atoms with Gasteiger partial charge in [-0.15, -0.1) is 0 Å². The maximum atomic E-state index is 13.8. The lowest BCUT2D eigenvalue weighted by Crippen LogP contribution is -2.34. The van der Waals surface area contributed by atoms with E-state index in [1.807, 2.05) is 12.1 Å². The molecule has 1 aliphatic rings. The van der Waals surface area contributed by atoms with E-state index in [0.717, 1.165) is 18.2 Å². The van der Waals surface area contributed by atoms with Gasteiger partial charge >= 0.3 is 0 Å². The number of ether oxygens (including phenoxy) is 2. The van der Waals surface area contributed by atoms with Gasteiger partial charge in [-0.3, -0.25) is 4.79 Å². The fourth-order valence-corrected chi connectivity index (χ4v) is 3.04. The second-order valence-electron chi connectivity index (χ2n) is 5.73. The van der Waals surface area contributed by atoms with Gasteiger partial charge in [-0.05, 0) is 30.3 Å². The lowest BCUT2D eigenvalue weighted by molar-refractivity contribution is 0.0811. The van der Waals surface area contributed by atoms with Crippen molar-refractivity contribution in [1.29, 1.82) is 0 Å². The van der Waals surface area contributed by atoms with Crippen molar-refractivity contribution >= 4 is 15.9 Å². The van der Waals surface area contributed by atoms with Crippen molar-refractivity contribution in [2.24, 2.45) is 5.14 Å². The van der Waals surface area contributed by atoms with E-state index in [2.05, 4.69) is 5.32 Å². The maximum Gasteiger partial charge on any atom is 0.254 e. The zero-order chi connectivity index (χ0) is 18.7. The Morgan fingerprint density at radius 2 is 1.96 bits per heavy atom. The first-order chi connectivity index (χ1) is 12.3. The third kappa shape index (κ3) is 4.12.